The molecule has 20 heavy (non-hydrogen) atoms. The number of hydrogen-bond donors (Lipinski definition) is 1. The van der Waals surface area contributed by atoms with Crippen LogP contribution in [0.3, 0.4) is 0 Å². The van der Waals surface area contributed by atoms with Crippen molar-refractivity contribution >= 4 is 5.90 Å². The third kappa shape index (κ3) is 4.59. The average molecular weight is 278 g/mol. The molecule has 1 N–H and O–H groups in total. The molecule has 2 rings (SSSR count). The number of quaternary nitrogens is 1. The van der Waals surface area contributed by atoms with Crippen molar-refractivity contribution in [2.45, 2.75) is 25.6 Å². The number of nitrogens with zero attached hydrogens (tertiary/aromatic N) is 2. The third-order valence-electron chi connectivity index (χ3n) is 3.14. The van der Waals surface area contributed by atoms with Crippen molar-refractivity contribution in [1.29, 1.82) is 0 Å². The van der Waals surface area contributed by atoms with Gasteiger partial charge in [0.1, 0.15) is 12.6 Å². The van der Waals surface area contributed by atoms with Crippen LogP contribution in [0.2, 0.25) is 0 Å². The van der Waals surface area contributed by atoms with Crippen LogP contribution in [0.4, 0.5) is 0 Å². The highest BCUT2D eigenvalue weighted by Gasteiger charge is 2.22. The van der Waals surface area contributed by atoms with E-state index in [4.69, 9.17) is 4.74 Å². The van der Waals surface area contributed by atoms with Gasteiger partial charge in [-0.2, -0.15) is 0 Å². The molecule has 0 amide bonds. The van der Waals surface area contributed by atoms with E-state index in [0.29, 0.717) is 18.2 Å². The molecule has 1 fully saturated rings. The quantitative estimate of drug-likeness (QED) is 0.264. The molecule has 0 saturated carbocycles. The van der Waals surface area contributed by atoms with E-state index in [-0.39, 0.29) is 10.5 Å². The van der Waals surface area contributed by atoms with Crippen LogP contribution in [0.1, 0.15) is 18.1 Å². The average Bonchev–Trinajstić information content (AvgIpc) is 3.11. The van der Waals surface area contributed by atoms with Crippen molar-refractivity contribution in [3.8, 4) is 0 Å². The van der Waals surface area contributed by atoms with Gasteiger partial charge in [-0.1, -0.05) is 29.4 Å². The zero-order valence-electron chi connectivity index (χ0n) is 12.2. The summed E-state index contributed by atoms with van der Waals surface area (Å²) in [5, 5.41) is 25.6. The first-order valence-corrected chi connectivity index (χ1v) is 6.85. The maximum Gasteiger partial charge on any atom is 0.128 e. The summed E-state index contributed by atoms with van der Waals surface area (Å²) >= 11 is 0. The van der Waals surface area contributed by atoms with Crippen molar-refractivity contribution in [2.24, 2.45) is 5.10 Å². The highest BCUT2D eigenvalue weighted by Crippen LogP contribution is 2.16. The van der Waals surface area contributed by atoms with Crippen LogP contribution in [0.15, 0.2) is 29.4 Å². The predicted molar refractivity (Wildman–Crippen MR) is 75.1 cm³/mol. The van der Waals surface area contributed by atoms with Crippen LogP contribution in [0.25, 0.3) is 0 Å². The Hall–Kier alpha value is -1.43. The fourth-order valence-corrected chi connectivity index (χ4v) is 2.22. The molecule has 1 aliphatic heterocycles. The Morgan fingerprint density at radius 2 is 2.05 bits per heavy atom. The van der Waals surface area contributed by atoms with Crippen molar-refractivity contribution in [2.75, 3.05) is 27.2 Å². The Kier molecular flexibility index (Phi) is 4.42. The molecule has 110 valence electrons. The van der Waals surface area contributed by atoms with E-state index in [1.54, 1.807) is 33.2 Å². The Morgan fingerprint density at radius 1 is 1.45 bits per heavy atom. The van der Waals surface area contributed by atoms with E-state index < -0.39 is 6.10 Å². The lowest BCUT2D eigenvalue weighted by Crippen LogP contribution is -2.42. The normalized spacial score (nSPS) is 20.8. The standard InChI is InChI=1S/C15H22N2O3/c1-11(18)9-17(2,3)16-15(19)13-6-4-12(5-7-13)8-14-10-20-14/h4-7,11,14,18H,8-10H2,1-3H3. The molecule has 1 aromatic rings. The summed E-state index contributed by atoms with van der Waals surface area (Å²) in [6.45, 7) is 2.93. The van der Waals surface area contributed by atoms with Crippen LogP contribution < -0.4 is 5.11 Å². The molecule has 2 atom stereocenters. The van der Waals surface area contributed by atoms with Crippen LogP contribution in [0.5, 0.6) is 0 Å². The summed E-state index contributed by atoms with van der Waals surface area (Å²) < 4.78 is 5.30. The van der Waals surface area contributed by atoms with Gasteiger partial charge in [-0.3, -0.25) is 0 Å². The molecule has 0 bridgehead atoms. The van der Waals surface area contributed by atoms with E-state index in [9.17, 15) is 10.2 Å². The summed E-state index contributed by atoms with van der Waals surface area (Å²) in [6.07, 6.45) is 0.750. The second-order valence-electron chi connectivity index (χ2n) is 5.91. The SMILES string of the molecule is CC(O)C[N+](C)(C)/N=C(\[O-])c1ccc(CC2CO2)cc1. The molecule has 1 heterocycles. The topological polar surface area (TPSA) is 68.2 Å². The maximum absolute atomic E-state index is 12.1. The van der Waals surface area contributed by atoms with E-state index in [0.717, 1.165) is 13.0 Å². The van der Waals surface area contributed by atoms with Gasteiger partial charge in [-0.05, 0) is 18.1 Å². The van der Waals surface area contributed by atoms with Gasteiger partial charge < -0.3 is 14.9 Å². The van der Waals surface area contributed by atoms with Gasteiger partial charge in [-0.15, -0.1) is 0 Å². The lowest BCUT2D eigenvalue weighted by atomic mass is 10.1. The molecule has 1 aromatic carbocycles. The second kappa shape index (κ2) is 5.91. The van der Waals surface area contributed by atoms with E-state index in [1.165, 1.54) is 5.56 Å². The fourth-order valence-electron chi connectivity index (χ4n) is 2.22. The Balaban J connectivity index is 2.05. The van der Waals surface area contributed by atoms with Crippen molar-refractivity contribution in [1.82, 2.24) is 0 Å². The summed E-state index contributed by atoms with van der Waals surface area (Å²) in [6, 6.07) is 7.48. The smallest absolute Gasteiger partial charge is 0.128 e. The molecule has 2 unspecified atom stereocenters. The molecule has 1 saturated heterocycles. The molecule has 0 radical (unpaired) electrons. The zero-order chi connectivity index (χ0) is 14.8. The van der Waals surface area contributed by atoms with Gasteiger partial charge in [0.2, 0.25) is 0 Å². The molecule has 0 aromatic heterocycles. The Labute approximate surface area is 119 Å². The summed E-state index contributed by atoms with van der Waals surface area (Å²) in [4.78, 5) is 0. The monoisotopic (exact) mass is 278 g/mol. The number of ether oxygens (including phenoxy) is 1. The van der Waals surface area contributed by atoms with Gasteiger partial charge in [-0.25, -0.2) is 4.59 Å². The lowest BCUT2D eigenvalue weighted by Gasteiger charge is -2.26. The van der Waals surface area contributed by atoms with Crippen LogP contribution in [-0.4, -0.2) is 55.1 Å². The summed E-state index contributed by atoms with van der Waals surface area (Å²) in [7, 11) is 3.59. The number of aliphatic hydroxyl groups excluding tert-OH is 1. The van der Waals surface area contributed by atoms with Gasteiger partial charge >= 0.3 is 0 Å². The number of likely N-dealkylation sites (N-methyl/N-ethyl adjacent to an activating group) is 1. The van der Waals surface area contributed by atoms with Crippen molar-refractivity contribution in [3.63, 3.8) is 0 Å². The van der Waals surface area contributed by atoms with Crippen LogP contribution in [-0.2, 0) is 11.2 Å². The maximum atomic E-state index is 12.1. The minimum Gasteiger partial charge on any atom is -0.855 e. The van der Waals surface area contributed by atoms with Gasteiger partial charge in [0.25, 0.3) is 0 Å². The van der Waals surface area contributed by atoms with E-state index in [2.05, 4.69) is 5.10 Å². The fraction of sp³-hybridized carbons (Fsp3) is 0.533. The number of rotatable bonds is 6. The van der Waals surface area contributed by atoms with Gasteiger partial charge in [0, 0.05) is 6.42 Å². The molecular weight excluding hydrogens is 256 g/mol. The van der Waals surface area contributed by atoms with Crippen LogP contribution >= 0.6 is 0 Å². The zero-order valence-corrected chi connectivity index (χ0v) is 12.2. The van der Waals surface area contributed by atoms with E-state index in [1.807, 2.05) is 12.1 Å². The van der Waals surface area contributed by atoms with Crippen LogP contribution in [0, 0.1) is 0 Å². The third-order valence-corrected chi connectivity index (χ3v) is 3.14. The van der Waals surface area contributed by atoms with E-state index >= 15 is 0 Å². The van der Waals surface area contributed by atoms with Crippen molar-refractivity contribution < 1.29 is 19.5 Å². The summed E-state index contributed by atoms with van der Waals surface area (Å²) in [5.41, 5.74) is 1.74. The van der Waals surface area contributed by atoms with Gasteiger partial charge in [0.15, 0.2) is 0 Å². The van der Waals surface area contributed by atoms with Crippen molar-refractivity contribution in [3.05, 3.63) is 35.4 Å². The van der Waals surface area contributed by atoms with Gasteiger partial charge in [0.05, 0.1) is 32.7 Å². The minimum atomic E-state index is -0.498. The Morgan fingerprint density at radius 3 is 2.55 bits per heavy atom. The highest BCUT2D eigenvalue weighted by molar-refractivity contribution is 5.90. The predicted octanol–water partition coefficient (Wildman–Crippen LogP) is 0.107. The largest absolute Gasteiger partial charge is 0.855 e. The number of aliphatic hydroxyl groups is 1. The molecule has 1 aliphatic rings. The molecular formula is C15H22N2O3. The molecule has 0 spiro atoms. The first kappa shape index (κ1) is 15.0. The molecule has 0 aliphatic carbocycles. The molecule has 5 nitrogen and oxygen atoms in total. The summed E-state index contributed by atoms with van der Waals surface area (Å²) in [5.74, 6) is -0.259. The number of benzene rings is 1. The Bertz CT molecular complexity index is 476. The molecule has 5 heteroatoms. The number of hydrogen-bond acceptors (Lipinski definition) is 4. The first-order valence-electron chi connectivity index (χ1n) is 6.85. The first-order chi connectivity index (χ1) is 9.35. The highest BCUT2D eigenvalue weighted by atomic mass is 16.6. The number of epoxide rings is 1. The minimum absolute atomic E-state index is 0.119. The lowest BCUT2D eigenvalue weighted by molar-refractivity contribution is -0.900. The second-order valence-corrected chi connectivity index (χ2v) is 5.91.